The molecule has 1 aromatic rings. The number of carbonyl (C=O) groups excluding carboxylic acids is 3. The summed E-state index contributed by atoms with van der Waals surface area (Å²) < 4.78 is 9.66. The van der Waals surface area contributed by atoms with Crippen molar-refractivity contribution in [2.45, 2.75) is 19.4 Å². The van der Waals surface area contributed by atoms with E-state index in [1.807, 2.05) is 0 Å². The van der Waals surface area contributed by atoms with Crippen molar-refractivity contribution in [2.24, 2.45) is 0 Å². The molecule has 1 aliphatic rings. The summed E-state index contributed by atoms with van der Waals surface area (Å²) in [4.78, 5) is 37.4. The number of amides is 1. The molecule has 0 aromatic heterocycles. The lowest BCUT2D eigenvalue weighted by Gasteiger charge is -2.26. The highest BCUT2D eigenvalue weighted by molar-refractivity contribution is 6.08. The van der Waals surface area contributed by atoms with Gasteiger partial charge in [-0.2, -0.15) is 0 Å². The molecule has 1 N–H and O–H groups in total. The lowest BCUT2D eigenvalue weighted by Crippen LogP contribution is -2.32. The molecular formula is C18H21NO6. The average Bonchev–Trinajstić information content (AvgIpc) is 2.86. The van der Waals surface area contributed by atoms with Crippen LogP contribution in [-0.2, 0) is 19.1 Å². The largest absolute Gasteiger partial charge is 0.503 e. The average molecular weight is 347 g/mol. The third-order valence-corrected chi connectivity index (χ3v) is 4.08. The number of aliphatic hydroxyl groups excluding tert-OH is 1. The van der Waals surface area contributed by atoms with E-state index in [9.17, 15) is 19.5 Å². The number of hydrogen-bond donors (Lipinski definition) is 1. The van der Waals surface area contributed by atoms with Crippen LogP contribution in [0.1, 0.15) is 35.3 Å². The van der Waals surface area contributed by atoms with Crippen molar-refractivity contribution in [2.75, 3.05) is 27.4 Å². The van der Waals surface area contributed by atoms with Crippen LogP contribution in [0.25, 0.3) is 0 Å². The van der Waals surface area contributed by atoms with Crippen LogP contribution in [-0.4, -0.2) is 55.0 Å². The Labute approximate surface area is 145 Å². The van der Waals surface area contributed by atoms with Gasteiger partial charge in [-0.1, -0.05) is 12.1 Å². The molecule has 0 fully saturated rings. The lowest BCUT2D eigenvalue weighted by atomic mass is 9.96. The number of methoxy groups -OCH3 is 2. The Kier molecular flexibility index (Phi) is 5.93. The summed E-state index contributed by atoms with van der Waals surface area (Å²) in [7, 11) is 2.85. The maximum Gasteiger partial charge on any atom is 0.337 e. The van der Waals surface area contributed by atoms with Crippen molar-refractivity contribution in [1.29, 1.82) is 0 Å². The number of hydrogen-bond acceptors (Lipinski definition) is 6. The molecule has 1 aliphatic heterocycles. The minimum Gasteiger partial charge on any atom is -0.503 e. The van der Waals surface area contributed by atoms with Crippen LogP contribution >= 0.6 is 0 Å². The molecule has 1 aromatic carbocycles. The molecule has 134 valence electrons. The standard InChI is InChI=1S/C18H21NO6/c1-11(20)14-15(12-5-7-13(8-6-12)18(23)25-3)19(9-4-10-24-2)17(22)16(14)21/h5-8,15,21H,4,9-10H2,1-3H3/t15-/m1/s1. The lowest BCUT2D eigenvalue weighted by molar-refractivity contribution is -0.129. The van der Waals surface area contributed by atoms with Crippen molar-refractivity contribution < 1.29 is 29.0 Å². The molecule has 7 heteroatoms. The van der Waals surface area contributed by atoms with Gasteiger partial charge in [-0.25, -0.2) is 4.79 Å². The zero-order valence-corrected chi connectivity index (χ0v) is 14.4. The summed E-state index contributed by atoms with van der Waals surface area (Å²) in [5.41, 5.74) is 1.06. The Bertz CT molecular complexity index is 707. The quantitative estimate of drug-likeness (QED) is 0.597. The second kappa shape index (κ2) is 7.94. The number of carbonyl (C=O) groups is 3. The maximum absolute atomic E-state index is 12.4. The van der Waals surface area contributed by atoms with E-state index < -0.39 is 23.7 Å². The molecule has 0 aliphatic carbocycles. The van der Waals surface area contributed by atoms with Crippen molar-refractivity contribution in [3.63, 3.8) is 0 Å². The van der Waals surface area contributed by atoms with E-state index in [1.165, 1.54) is 18.9 Å². The minimum atomic E-state index is -0.687. The molecule has 0 spiro atoms. The van der Waals surface area contributed by atoms with Crippen LogP contribution in [0.3, 0.4) is 0 Å². The molecule has 0 saturated heterocycles. The Balaban J connectivity index is 2.38. The molecule has 0 unspecified atom stereocenters. The Morgan fingerprint density at radius 2 is 1.84 bits per heavy atom. The predicted molar refractivity (Wildman–Crippen MR) is 89.1 cm³/mol. The topological polar surface area (TPSA) is 93.1 Å². The van der Waals surface area contributed by atoms with Gasteiger partial charge in [0.25, 0.3) is 5.91 Å². The number of ketones is 1. The number of rotatable bonds is 7. The summed E-state index contributed by atoms with van der Waals surface area (Å²) in [6.45, 7) is 2.10. The van der Waals surface area contributed by atoms with Crippen molar-refractivity contribution in [3.8, 4) is 0 Å². The van der Waals surface area contributed by atoms with Crippen molar-refractivity contribution in [1.82, 2.24) is 4.90 Å². The highest BCUT2D eigenvalue weighted by Gasteiger charge is 2.41. The first-order chi connectivity index (χ1) is 11.9. The summed E-state index contributed by atoms with van der Waals surface area (Å²) >= 11 is 0. The molecule has 1 amide bonds. The molecule has 1 atom stereocenters. The Morgan fingerprint density at radius 3 is 2.36 bits per heavy atom. The second-order valence-electron chi connectivity index (χ2n) is 5.68. The third kappa shape index (κ3) is 3.71. The van der Waals surface area contributed by atoms with Gasteiger partial charge in [0, 0.05) is 20.3 Å². The summed E-state index contributed by atoms with van der Waals surface area (Å²) in [6, 6.07) is 5.73. The fraction of sp³-hybridized carbons (Fsp3) is 0.389. The van der Waals surface area contributed by atoms with Gasteiger partial charge >= 0.3 is 5.97 Å². The van der Waals surface area contributed by atoms with Gasteiger partial charge in [0.15, 0.2) is 11.5 Å². The molecule has 25 heavy (non-hydrogen) atoms. The van der Waals surface area contributed by atoms with Crippen LogP contribution < -0.4 is 0 Å². The Morgan fingerprint density at radius 1 is 1.20 bits per heavy atom. The first-order valence-corrected chi connectivity index (χ1v) is 7.84. The van der Waals surface area contributed by atoms with E-state index in [0.717, 1.165) is 0 Å². The Hall–Kier alpha value is -2.67. The zero-order valence-electron chi connectivity index (χ0n) is 14.4. The highest BCUT2D eigenvalue weighted by atomic mass is 16.5. The number of nitrogens with zero attached hydrogens (tertiary/aromatic N) is 1. The predicted octanol–water partition coefficient (Wildman–Crippen LogP) is 1.79. The van der Waals surface area contributed by atoms with Gasteiger partial charge in [-0.15, -0.1) is 0 Å². The molecule has 1 heterocycles. The highest BCUT2D eigenvalue weighted by Crippen LogP contribution is 2.37. The minimum absolute atomic E-state index is 0.0632. The van der Waals surface area contributed by atoms with E-state index >= 15 is 0 Å². The van der Waals surface area contributed by atoms with Gasteiger partial charge < -0.3 is 19.5 Å². The second-order valence-corrected chi connectivity index (χ2v) is 5.68. The maximum atomic E-state index is 12.4. The van der Waals surface area contributed by atoms with E-state index in [0.29, 0.717) is 30.7 Å². The third-order valence-electron chi connectivity index (χ3n) is 4.08. The SMILES string of the molecule is COCCCN1C(=O)C(O)=C(C(C)=O)[C@H]1c1ccc(C(=O)OC)cc1. The first kappa shape index (κ1) is 18.7. The van der Waals surface area contributed by atoms with E-state index in [1.54, 1.807) is 31.4 Å². The van der Waals surface area contributed by atoms with Crippen LogP contribution in [0.4, 0.5) is 0 Å². The number of benzene rings is 1. The number of aliphatic hydroxyl groups is 1. The number of esters is 1. The van der Waals surface area contributed by atoms with Gasteiger partial charge in [-0.3, -0.25) is 9.59 Å². The summed E-state index contributed by atoms with van der Waals surface area (Å²) in [5.74, 6) is -1.95. The van der Waals surface area contributed by atoms with Crippen LogP contribution in [0.15, 0.2) is 35.6 Å². The van der Waals surface area contributed by atoms with Gasteiger partial charge in [0.05, 0.1) is 24.3 Å². The van der Waals surface area contributed by atoms with E-state index in [-0.39, 0.29) is 11.4 Å². The van der Waals surface area contributed by atoms with Crippen LogP contribution in [0, 0.1) is 0 Å². The number of Topliss-reactive ketones (excluding diaryl/α,β-unsaturated/α-hetero) is 1. The molecule has 7 nitrogen and oxygen atoms in total. The van der Waals surface area contributed by atoms with Gasteiger partial charge in [0.2, 0.25) is 0 Å². The first-order valence-electron chi connectivity index (χ1n) is 7.84. The van der Waals surface area contributed by atoms with E-state index in [4.69, 9.17) is 4.74 Å². The van der Waals surface area contributed by atoms with Gasteiger partial charge in [-0.05, 0) is 31.0 Å². The molecule has 2 rings (SSSR count). The van der Waals surface area contributed by atoms with E-state index in [2.05, 4.69) is 4.74 Å². The van der Waals surface area contributed by atoms with Gasteiger partial charge in [0.1, 0.15) is 0 Å². The monoisotopic (exact) mass is 347 g/mol. The summed E-state index contributed by atoms with van der Waals surface area (Å²) in [6.07, 6.45) is 0.567. The smallest absolute Gasteiger partial charge is 0.337 e. The molecule has 0 radical (unpaired) electrons. The number of ether oxygens (including phenoxy) is 2. The normalized spacial score (nSPS) is 17.2. The molecular weight excluding hydrogens is 326 g/mol. The zero-order chi connectivity index (χ0) is 18.6. The summed E-state index contributed by atoms with van der Waals surface area (Å²) in [5, 5.41) is 10.1. The fourth-order valence-electron chi connectivity index (χ4n) is 2.89. The fourth-order valence-corrected chi connectivity index (χ4v) is 2.89. The van der Waals surface area contributed by atoms with Crippen molar-refractivity contribution in [3.05, 3.63) is 46.7 Å². The van der Waals surface area contributed by atoms with Crippen LogP contribution in [0.2, 0.25) is 0 Å². The molecule has 0 saturated carbocycles. The van der Waals surface area contributed by atoms with Crippen LogP contribution in [0.5, 0.6) is 0 Å². The molecule has 0 bridgehead atoms. The van der Waals surface area contributed by atoms with Crippen molar-refractivity contribution >= 4 is 17.7 Å².